The van der Waals surface area contributed by atoms with Crippen LogP contribution in [-0.4, -0.2) is 27.3 Å². The lowest BCUT2D eigenvalue weighted by Gasteiger charge is -2.28. The number of ether oxygens (including phenoxy) is 2. The van der Waals surface area contributed by atoms with Gasteiger partial charge in [0.2, 0.25) is 0 Å². The molecule has 4 heteroatoms. The number of nitrogens with one attached hydrogen (secondary N) is 1. The van der Waals surface area contributed by atoms with Crippen LogP contribution in [-0.2, 0) is 5.41 Å². The van der Waals surface area contributed by atoms with E-state index in [4.69, 9.17) is 9.47 Å². The Morgan fingerprint density at radius 3 is 2.40 bits per heavy atom. The molecular formula is C16H26BrNO2. The summed E-state index contributed by atoms with van der Waals surface area (Å²) in [5.41, 5.74) is 1.24. The zero-order valence-electron chi connectivity index (χ0n) is 13.2. The standard InChI is InChI=1S/C16H26BrNO2/c1-6-10-18-11-9-16(2,3)12-7-8-13(19-4)14(17)15(12)20-5/h7-8,18H,6,9-11H2,1-5H3. The summed E-state index contributed by atoms with van der Waals surface area (Å²) in [6.45, 7) is 8.75. The van der Waals surface area contributed by atoms with Crippen LogP contribution in [0.2, 0.25) is 0 Å². The molecule has 0 radical (unpaired) electrons. The van der Waals surface area contributed by atoms with Gasteiger partial charge in [0, 0.05) is 5.56 Å². The molecule has 0 bridgehead atoms. The second kappa shape index (κ2) is 7.89. The largest absolute Gasteiger partial charge is 0.495 e. The Kier molecular flexibility index (Phi) is 6.83. The van der Waals surface area contributed by atoms with Gasteiger partial charge in [-0.1, -0.05) is 26.8 Å². The zero-order valence-corrected chi connectivity index (χ0v) is 14.8. The number of hydrogen-bond acceptors (Lipinski definition) is 3. The molecule has 114 valence electrons. The van der Waals surface area contributed by atoms with E-state index in [1.165, 1.54) is 5.56 Å². The molecule has 3 nitrogen and oxygen atoms in total. The van der Waals surface area contributed by atoms with Gasteiger partial charge in [0.15, 0.2) is 0 Å². The van der Waals surface area contributed by atoms with E-state index in [9.17, 15) is 0 Å². The van der Waals surface area contributed by atoms with E-state index in [0.29, 0.717) is 0 Å². The molecule has 1 aromatic rings. The Morgan fingerprint density at radius 1 is 1.15 bits per heavy atom. The third-order valence-electron chi connectivity index (χ3n) is 3.57. The van der Waals surface area contributed by atoms with Crippen LogP contribution in [0.3, 0.4) is 0 Å². The number of rotatable bonds is 8. The van der Waals surface area contributed by atoms with Gasteiger partial charge in [0.05, 0.1) is 14.2 Å². The van der Waals surface area contributed by atoms with Crippen molar-refractivity contribution in [3.8, 4) is 11.5 Å². The Balaban J connectivity index is 2.96. The molecule has 0 fully saturated rings. The molecule has 0 aliphatic rings. The fourth-order valence-corrected chi connectivity index (χ4v) is 2.93. The van der Waals surface area contributed by atoms with E-state index in [2.05, 4.69) is 48.1 Å². The fraction of sp³-hybridized carbons (Fsp3) is 0.625. The minimum absolute atomic E-state index is 0.0425. The summed E-state index contributed by atoms with van der Waals surface area (Å²) in [5.74, 6) is 1.66. The Hall–Kier alpha value is -0.740. The van der Waals surface area contributed by atoms with E-state index < -0.39 is 0 Å². The molecule has 1 N–H and O–H groups in total. The molecule has 0 saturated heterocycles. The van der Waals surface area contributed by atoms with Gasteiger partial charge in [-0.15, -0.1) is 0 Å². The van der Waals surface area contributed by atoms with Crippen molar-refractivity contribution in [3.63, 3.8) is 0 Å². The second-order valence-electron chi connectivity index (χ2n) is 5.55. The quantitative estimate of drug-likeness (QED) is 0.719. The van der Waals surface area contributed by atoms with Crippen molar-refractivity contribution in [2.24, 2.45) is 0 Å². The van der Waals surface area contributed by atoms with Crippen molar-refractivity contribution < 1.29 is 9.47 Å². The summed E-state index contributed by atoms with van der Waals surface area (Å²) in [6, 6.07) is 4.09. The number of benzene rings is 1. The van der Waals surface area contributed by atoms with Crippen LogP contribution < -0.4 is 14.8 Å². The summed E-state index contributed by atoms with van der Waals surface area (Å²) in [6.07, 6.45) is 2.22. The molecule has 0 saturated carbocycles. The maximum absolute atomic E-state index is 5.59. The molecule has 0 aliphatic carbocycles. The SMILES string of the molecule is CCCNCCC(C)(C)c1ccc(OC)c(Br)c1OC. The minimum Gasteiger partial charge on any atom is -0.495 e. The molecular weight excluding hydrogens is 318 g/mol. The van der Waals surface area contributed by atoms with Crippen molar-refractivity contribution >= 4 is 15.9 Å². The smallest absolute Gasteiger partial charge is 0.140 e. The van der Waals surface area contributed by atoms with E-state index in [1.807, 2.05) is 6.07 Å². The van der Waals surface area contributed by atoms with E-state index in [1.54, 1.807) is 14.2 Å². The molecule has 1 aromatic carbocycles. The van der Waals surface area contributed by atoms with Crippen LogP contribution in [0.5, 0.6) is 11.5 Å². The summed E-state index contributed by atoms with van der Waals surface area (Å²) in [7, 11) is 3.37. The van der Waals surface area contributed by atoms with E-state index >= 15 is 0 Å². The molecule has 1 rings (SSSR count). The normalized spacial score (nSPS) is 11.5. The molecule has 0 heterocycles. The van der Waals surface area contributed by atoms with Gasteiger partial charge in [-0.05, 0) is 53.3 Å². The molecule has 20 heavy (non-hydrogen) atoms. The third kappa shape index (κ3) is 4.13. The highest BCUT2D eigenvalue weighted by Gasteiger charge is 2.26. The molecule has 0 spiro atoms. The van der Waals surface area contributed by atoms with Crippen LogP contribution in [0, 0.1) is 0 Å². The first-order valence-electron chi connectivity index (χ1n) is 7.09. The second-order valence-corrected chi connectivity index (χ2v) is 6.34. The van der Waals surface area contributed by atoms with Crippen LogP contribution in [0.25, 0.3) is 0 Å². The van der Waals surface area contributed by atoms with Crippen LogP contribution >= 0.6 is 15.9 Å². The van der Waals surface area contributed by atoms with Crippen molar-refractivity contribution in [1.82, 2.24) is 5.32 Å². The maximum atomic E-state index is 5.59. The van der Waals surface area contributed by atoms with Crippen molar-refractivity contribution in [2.45, 2.75) is 39.0 Å². The molecule has 0 aromatic heterocycles. The van der Waals surface area contributed by atoms with Gasteiger partial charge >= 0.3 is 0 Å². The molecule has 0 atom stereocenters. The number of hydrogen-bond donors (Lipinski definition) is 1. The van der Waals surface area contributed by atoms with Gasteiger partial charge in [-0.2, -0.15) is 0 Å². The predicted molar refractivity (Wildman–Crippen MR) is 88.0 cm³/mol. The highest BCUT2D eigenvalue weighted by molar-refractivity contribution is 9.10. The first-order valence-corrected chi connectivity index (χ1v) is 7.89. The van der Waals surface area contributed by atoms with Gasteiger partial charge < -0.3 is 14.8 Å². The highest BCUT2D eigenvalue weighted by Crippen LogP contribution is 2.43. The molecule has 0 aliphatic heterocycles. The first kappa shape index (κ1) is 17.3. The third-order valence-corrected chi connectivity index (χ3v) is 4.32. The Labute approximate surface area is 131 Å². The maximum Gasteiger partial charge on any atom is 0.140 e. The van der Waals surface area contributed by atoms with Crippen LogP contribution in [0.1, 0.15) is 39.2 Å². The molecule has 0 amide bonds. The van der Waals surface area contributed by atoms with Crippen molar-refractivity contribution in [3.05, 3.63) is 22.2 Å². The van der Waals surface area contributed by atoms with Gasteiger partial charge in [0.25, 0.3) is 0 Å². The van der Waals surface area contributed by atoms with Gasteiger partial charge in [-0.3, -0.25) is 0 Å². The van der Waals surface area contributed by atoms with E-state index in [0.717, 1.165) is 41.9 Å². The van der Waals surface area contributed by atoms with Crippen molar-refractivity contribution in [2.75, 3.05) is 27.3 Å². The summed E-state index contributed by atoms with van der Waals surface area (Å²) >= 11 is 3.57. The average molecular weight is 344 g/mol. The van der Waals surface area contributed by atoms with Crippen LogP contribution in [0.4, 0.5) is 0 Å². The first-order chi connectivity index (χ1) is 9.47. The minimum atomic E-state index is 0.0425. The zero-order chi connectivity index (χ0) is 15.2. The lowest BCUT2D eigenvalue weighted by atomic mass is 9.81. The number of halogens is 1. The fourth-order valence-electron chi connectivity index (χ4n) is 2.27. The van der Waals surface area contributed by atoms with Gasteiger partial charge in [0.1, 0.15) is 16.0 Å². The van der Waals surface area contributed by atoms with Crippen molar-refractivity contribution in [1.29, 1.82) is 0 Å². The summed E-state index contributed by atoms with van der Waals surface area (Å²) in [5, 5.41) is 3.46. The Morgan fingerprint density at radius 2 is 1.85 bits per heavy atom. The van der Waals surface area contributed by atoms with Gasteiger partial charge in [-0.25, -0.2) is 0 Å². The van der Waals surface area contributed by atoms with Crippen LogP contribution in [0.15, 0.2) is 16.6 Å². The Bertz CT molecular complexity index is 433. The average Bonchev–Trinajstić information content (AvgIpc) is 2.43. The molecule has 0 unspecified atom stereocenters. The number of methoxy groups -OCH3 is 2. The lowest BCUT2D eigenvalue weighted by Crippen LogP contribution is -2.26. The summed E-state index contributed by atoms with van der Waals surface area (Å²) < 4.78 is 11.8. The lowest BCUT2D eigenvalue weighted by molar-refractivity contribution is 0.368. The topological polar surface area (TPSA) is 30.5 Å². The van der Waals surface area contributed by atoms with E-state index in [-0.39, 0.29) is 5.41 Å². The monoisotopic (exact) mass is 343 g/mol. The summed E-state index contributed by atoms with van der Waals surface area (Å²) in [4.78, 5) is 0. The predicted octanol–water partition coefficient (Wildman–Crippen LogP) is 4.13. The highest BCUT2D eigenvalue weighted by atomic mass is 79.9.